The van der Waals surface area contributed by atoms with Gasteiger partial charge in [-0.15, -0.1) is 0 Å². The molecule has 0 radical (unpaired) electrons. The van der Waals surface area contributed by atoms with Crippen LogP contribution < -0.4 is 5.32 Å². The van der Waals surface area contributed by atoms with Gasteiger partial charge in [0, 0.05) is 19.8 Å². The van der Waals surface area contributed by atoms with Crippen molar-refractivity contribution in [2.75, 3.05) is 20.3 Å². The molecule has 0 aromatic rings. The van der Waals surface area contributed by atoms with E-state index in [1.807, 2.05) is 0 Å². The van der Waals surface area contributed by atoms with Crippen molar-refractivity contribution in [2.24, 2.45) is 5.92 Å². The van der Waals surface area contributed by atoms with E-state index in [1.165, 1.54) is 32.1 Å². The van der Waals surface area contributed by atoms with Crippen LogP contribution in [0, 0.1) is 5.92 Å². The minimum atomic E-state index is 0.701. The number of nitrogens with one attached hydrogen (secondary N) is 1. The van der Waals surface area contributed by atoms with Gasteiger partial charge in [-0.2, -0.15) is 0 Å². The molecule has 1 unspecified atom stereocenters. The maximum absolute atomic E-state index is 5.14. The van der Waals surface area contributed by atoms with Gasteiger partial charge in [0.2, 0.25) is 0 Å². The van der Waals surface area contributed by atoms with Crippen molar-refractivity contribution in [1.82, 2.24) is 5.32 Å². The molecule has 0 aliphatic heterocycles. The fraction of sp³-hybridized carbons (Fsp3) is 1.00. The lowest BCUT2D eigenvalue weighted by molar-refractivity contribution is 0.170. The summed E-state index contributed by atoms with van der Waals surface area (Å²) >= 11 is 0. The minimum Gasteiger partial charge on any atom is -0.385 e. The molecule has 1 N–H and O–H groups in total. The van der Waals surface area contributed by atoms with Crippen molar-refractivity contribution >= 4 is 0 Å². The van der Waals surface area contributed by atoms with E-state index in [2.05, 4.69) is 12.2 Å². The van der Waals surface area contributed by atoms with Gasteiger partial charge in [0.05, 0.1) is 0 Å². The lowest BCUT2D eigenvalue weighted by Crippen LogP contribution is -2.35. The molecule has 0 heterocycles. The fourth-order valence-corrected chi connectivity index (χ4v) is 2.37. The zero-order valence-corrected chi connectivity index (χ0v) is 9.01. The van der Waals surface area contributed by atoms with E-state index in [-0.39, 0.29) is 0 Å². The van der Waals surface area contributed by atoms with Crippen molar-refractivity contribution in [3.05, 3.63) is 0 Å². The van der Waals surface area contributed by atoms with Crippen molar-refractivity contribution in [2.45, 2.75) is 45.1 Å². The summed E-state index contributed by atoms with van der Waals surface area (Å²) in [5.74, 6) is 0.912. The lowest BCUT2D eigenvalue weighted by atomic mass is 9.95. The van der Waals surface area contributed by atoms with Gasteiger partial charge in [0.1, 0.15) is 0 Å². The van der Waals surface area contributed by atoms with Crippen molar-refractivity contribution in [3.63, 3.8) is 0 Å². The molecule has 2 heteroatoms. The summed E-state index contributed by atoms with van der Waals surface area (Å²) in [6.45, 7) is 4.17. The average Bonchev–Trinajstić information content (AvgIpc) is 2.65. The van der Waals surface area contributed by atoms with Gasteiger partial charge >= 0.3 is 0 Å². The van der Waals surface area contributed by atoms with Gasteiger partial charge in [0.15, 0.2) is 0 Å². The molecule has 1 saturated carbocycles. The Kier molecular flexibility index (Phi) is 5.40. The molecule has 1 rings (SSSR count). The lowest BCUT2D eigenvalue weighted by Gasteiger charge is -2.23. The highest BCUT2D eigenvalue weighted by Gasteiger charge is 2.23. The molecule has 1 atom stereocenters. The second kappa shape index (κ2) is 6.39. The Bertz CT molecular complexity index is 121. The number of hydrogen-bond donors (Lipinski definition) is 1. The van der Waals surface area contributed by atoms with Gasteiger partial charge in [-0.3, -0.25) is 0 Å². The van der Waals surface area contributed by atoms with E-state index in [4.69, 9.17) is 4.74 Å². The predicted octanol–water partition coefficient (Wildman–Crippen LogP) is 2.19. The molecule has 0 aromatic carbocycles. The molecule has 1 fully saturated rings. The van der Waals surface area contributed by atoms with Gasteiger partial charge in [-0.1, -0.05) is 19.8 Å². The van der Waals surface area contributed by atoms with Gasteiger partial charge in [0.25, 0.3) is 0 Å². The van der Waals surface area contributed by atoms with Crippen LogP contribution in [0.5, 0.6) is 0 Å². The summed E-state index contributed by atoms with van der Waals surface area (Å²) < 4.78 is 5.14. The first-order chi connectivity index (χ1) is 6.38. The van der Waals surface area contributed by atoms with Crippen LogP contribution >= 0.6 is 0 Å². The second-order valence-corrected chi connectivity index (χ2v) is 3.99. The maximum Gasteiger partial charge on any atom is 0.0477 e. The Balaban J connectivity index is 2.26. The summed E-state index contributed by atoms with van der Waals surface area (Å²) in [7, 11) is 1.79. The van der Waals surface area contributed by atoms with Crippen LogP contribution in [0.15, 0.2) is 0 Å². The molecule has 0 bridgehead atoms. The fourth-order valence-electron chi connectivity index (χ4n) is 2.37. The van der Waals surface area contributed by atoms with Gasteiger partial charge in [-0.25, -0.2) is 0 Å². The van der Waals surface area contributed by atoms with Crippen LogP contribution in [-0.2, 0) is 4.74 Å². The van der Waals surface area contributed by atoms with Gasteiger partial charge in [-0.05, 0) is 31.7 Å². The van der Waals surface area contributed by atoms with E-state index in [0.717, 1.165) is 19.1 Å². The van der Waals surface area contributed by atoms with Crippen LogP contribution in [0.4, 0.5) is 0 Å². The number of methoxy groups -OCH3 is 1. The Morgan fingerprint density at radius 3 is 2.62 bits per heavy atom. The van der Waals surface area contributed by atoms with E-state index >= 15 is 0 Å². The predicted molar refractivity (Wildman–Crippen MR) is 55.9 cm³/mol. The highest BCUT2D eigenvalue weighted by atomic mass is 16.5. The maximum atomic E-state index is 5.14. The van der Waals surface area contributed by atoms with Crippen LogP contribution in [0.25, 0.3) is 0 Å². The Labute approximate surface area is 82.0 Å². The first kappa shape index (κ1) is 11.0. The molecule has 0 aromatic heterocycles. The third-order valence-electron chi connectivity index (χ3n) is 3.07. The quantitative estimate of drug-likeness (QED) is 0.685. The standard InChI is InChI=1S/C11H23NO/c1-3-12-11(8-9-13-2)10-6-4-5-7-10/h10-12H,3-9H2,1-2H3. The molecule has 13 heavy (non-hydrogen) atoms. The third-order valence-corrected chi connectivity index (χ3v) is 3.07. The van der Waals surface area contributed by atoms with Gasteiger partial charge < -0.3 is 10.1 Å². The van der Waals surface area contributed by atoms with Crippen molar-refractivity contribution < 1.29 is 4.74 Å². The molecule has 0 saturated heterocycles. The number of hydrogen-bond acceptors (Lipinski definition) is 2. The average molecular weight is 185 g/mol. The second-order valence-electron chi connectivity index (χ2n) is 3.99. The van der Waals surface area contributed by atoms with Crippen LogP contribution in [0.2, 0.25) is 0 Å². The number of ether oxygens (including phenoxy) is 1. The first-order valence-corrected chi connectivity index (χ1v) is 5.60. The smallest absolute Gasteiger partial charge is 0.0477 e. The summed E-state index contributed by atoms with van der Waals surface area (Å²) in [4.78, 5) is 0. The SMILES string of the molecule is CCNC(CCOC)C1CCCC1. The van der Waals surface area contributed by atoms with Crippen LogP contribution in [0.3, 0.4) is 0 Å². The van der Waals surface area contributed by atoms with Crippen LogP contribution in [-0.4, -0.2) is 26.3 Å². The zero-order chi connectivity index (χ0) is 9.52. The molecule has 1 aliphatic carbocycles. The Morgan fingerprint density at radius 1 is 1.38 bits per heavy atom. The minimum absolute atomic E-state index is 0.701. The molecule has 1 aliphatic rings. The highest BCUT2D eigenvalue weighted by Crippen LogP contribution is 2.28. The van der Waals surface area contributed by atoms with E-state index in [1.54, 1.807) is 7.11 Å². The molecule has 2 nitrogen and oxygen atoms in total. The largest absolute Gasteiger partial charge is 0.385 e. The molecular formula is C11H23NO. The Morgan fingerprint density at radius 2 is 2.08 bits per heavy atom. The zero-order valence-electron chi connectivity index (χ0n) is 9.01. The molecule has 0 amide bonds. The van der Waals surface area contributed by atoms with Crippen molar-refractivity contribution in [1.29, 1.82) is 0 Å². The molecule has 78 valence electrons. The molecular weight excluding hydrogens is 162 g/mol. The first-order valence-electron chi connectivity index (χ1n) is 5.60. The van der Waals surface area contributed by atoms with E-state index < -0.39 is 0 Å². The topological polar surface area (TPSA) is 21.3 Å². The normalized spacial score (nSPS) is 20.8. The van der Waals surface area contributed by atoms with E-state index in [9.17, 15) is 0 Å². The summed E-state index contributed by atoms with van der Waals surface area (Å²) in [6.07, 6.45) is 6.87. The summed E-state index contributed by atoms with van der Waals surface area (Å²) in [5, 5.41) is 3.58. The molecule has 0 spiro atoms. The van der Waals surface area contributed by atoms with Crippen molar-refractivity contribution in [3.8, 4) is 0 Å². The Hall–Kier alpha value is -0.0800. The van der Waals surface area contributed by atoms with E-state index in [0.29, 0.717) is 6.04 Å². The summed E-state index contributed by atoms with van der Waals surface area (Å²) in [5.41, 5.74) is 0. The third kappa shape index (κ3) is 3.65. The van der Waals surface area contributed by atoms with Crippen LogP contribution in [0.1, 0.15) is 39.0 Å². The summed E-state index contributed by atoms with van der Waals surface area (Å²) in [6, 6.07) is 0.701. The number of rotatable bonds is 6. The monoisotopic (exact) mass is 185 g/mol. The highest BCUT2D eigenvalue weighted by molar-refractivity contribution is 4.80.